The van der Waals surface area contributed by atoms with Gasteiger partial charge in [-0.2, -0.15) is 0 Å². The maximum atomic E-state index is 12.6. The molecule has 1 saturated heterocycles. The second-order valence-electron chi connectivity index (χ2n) is 6.69. The van der Waals surface area contributed by atoms with Crippen LogP contribution in [0.1, 0.15) is 60.0 Å². The molecule has 1 amide bonds. The highest BCUT2D eigenvalue weighted by Gasteiger charge is 2.18. The van der Waals surface area contributed by atoms with Gasteiger partial charge in [-0.3, -0.25) is 4.79 Å². The Labute approximate surface area is 133 Å². The van der Waals surface area contributed by atoms with Gasteiger partial charge in [0.15, 0.2) is 0 Å². The SMILES string of the molecule is CN(CCC[C@H]1CCCO1)C(=O)c1ccc2c(c1)CCCC2. The molecule has 120 valence electrons. The number of aryl methyl sites for hydroxylation is 2. The van der Waals surface area contributed by atoms with Gasteiger partial charge >= 0.3 is 0 Å². The van der Waals surface area contributed by atoms with Crippen molar-refractivity contribution in [3.8, 4) is 0 Å². The van der Waals surface area contributed by atoms with Gasteiger partial charge in [-0.1, -0.05) is 6.07 Å². The molecule has 0 bridgehead atoms. The number of hydrogen-bond donors (Lipinski definition) is 0. The van der Waals surface area contributed by atoms with E-state index >= 15 is 0 Å². The molecule has 1 aliphatic carbocycles. The van der Waals surface area contributed by atoms with Crippen LogP contribution in [-0.4, -0.2) is 37.1 Å². The summed E-state index contributed by atoms with van der Waals surface area (Å²) in [4.78, 5) is 14.4. The van der Waals surface area contributed by atoms with E-state index in [1.807, 2.05) is 18.0 Å². The van der Waals surface area contributed by atoms with E-state index in [4.69, 9.17) is 4.74 Å². The Morgan fingerprint density at radius 1 is 1.23 bits per heavy atom. The molecule has 3 rings (SSSR count). The number of hydrogen-bond acceptors (Lipinski definition) is 2. The molecule has 0 radical (unpaired) electrons. The van der Waals surface area contributed by atoms with Crippen LogP contribution in [0, 0.1) is 0 Å². The van der Waals surface area contributed by atoms with Gasteiger partial charge in [-0.25, -0.2) is 0 Å². The lowest BCUT2D eigenvalue weighted by atomic mass is 9.90. The molecule has 1 fully saturated rings. The van der Waals surface area contributed by atoms with Gasteiger partial charge in [0.25, 0.3) is 5.91 Å². The Hall–Kier alpha value is -1.35. The summed E-state index contributed by atoms with van der Waals surface area (Å²) in [6, 6.07) is 6.28. The minimum Gasteiger partial charge on any atom is -0.378 e. The van der Waals surface area contributed by atoms with Crippen molar-refractivity contribution in [2.75, 3.05) is 20.2 Å². The molecule has 1 heterocycles. The van der Waals surface area contributed by atoms with E-state index in [2.05, 4.69) is 12.1 Å². The van der Waals surface area contributed by atoms with Crippen molar-refractivity contribution < 1.29 is 9.53 Å². The monoisotopic (exact) mass is 301 g/mol. The normalized spacial score (nSPS) is 20.7. The molecule has 2 aliphatic rings. The summed E-state index contributed by atoms with van der Waals surface area (Å²) in [5.74, 6) is 0.153. The van der Waals surface area contributed by atoms with Gasteiger partial charge in [-0.15, -0.1) is 0 Å². The summed E-state index contributed by atoms with van der Waals surface area (Å²) in [7, 11) is 1.91. The second-order valence-corrected chi connectivity index (χ2v) is 6.69. The van der Waals surface area contributed by atoms with Crippen LogP contribution in [0.3, 0.4) is 0 Å². The van der Waals surface area contributed by atoms with Crippen LogP contribution in [0.5, 0.6) is 0 Å². The van der Waals surface area contributed by atoms with Crippen LogP contribution >= 0.6 is 0 Å². The van der Waals surface area contributed by atoms with Crippen LogP contribution < -0.4 is 0 Å². The van der Waals surface area contributed by atoms with Crippen molar-refractivity contribution in [2.45, 2.75) is 57.5 Å². The van der Waals surface area contributed by atoms with Gasteiger partial charge < -0.3 is 9.64 Å². The largest absolute Gasteiger partial charge is 0.378 e. The molecule has 0 aromatic heterocycles. The Bertz CT molecular complexity index is 520. The van der Waals surface area contributed by atoms with E-state index in [0.29, 0.717) is 6.10 Å². The number of fused-ring (bicyclic) bond motifs is 1. The molecular formula is C19H27NO2. The van der Waals surface area contributed by atoms with Crippen molar-refractivity contribution in [2.24, 2.45) is 0 Å². The first-order valence-electron chi connectivity index (χ1n) is 8.73. The van der Waals surface area contributed by atoms with E-state index in [1.54, 1.807) is 0 Å². The lowest BCUT2D eigenvalue weighted by Gasteiger charge is -2.20. The van der Waals surface area contributed by atoms with Crippen molar-refractivity contribution >= 4 is 5.91 Å². The summed E-state index contributed by atoms with van der Waals surface area (Å²) in [5.41, 5.74) is 3.66. The first kappa shape index (κ1) is 15.5. The molecule has 0 spiro atoms. The summed E-state index contributed by atoms with van der Waals surface area (Å²) < 4.78 is 5.64. The van der Waals surface area contributed by atoms with Crippen molar-refractivity contribution in [1.82, 2.24) is 4.90 Å². The first-order chi connectivity index (χ1) is 10.7. The predicted octanol–water partition coefficient (Wildman–Crippen LogP) is 3.60. The molecule has 1 atom stereocenters. The molecule has 22 heavy (non-hydrogen) atoms. The van der Waals surface area contributed by atoms with Gasteiger partial charge in [0, 0.05) is 25.8 Å². The average molecular weight is 301 g/mol. The lowest BCUT2D eigenvalue weighted by Crippen LogP contribution is -2.28. The summed E-state index contributed by atoms with van der Waals surface area (Å²) in [5, 5.41) is 0. The van der Waals surface area contributed by atoms with Gasteiger partial charge in [0.05, 0.1) is 6.10 Å². The molecule has 1 aliphatic heterocycles. The van der Waals surface area contributed by atoms with E-state index in [9.17, 15) is 4.79 Å². The number of carbonyl (C=O) groups is 1. The first-order valence-corrected chi connectivity index (χ1v) is 8.73. The van der Waals surface area contributed by atoms with E-state index in [1.165, 1.54) is 43.2 Å². The highest BCUT2D eigenvalue weighted by molar-refractivity contribution is 5.94. The molecule has 3 nitrogen and oxygen atoms in total. The second kappa shape index (κ2) is 7.28. The third kappa shape index (κ3) is 3.70. The van der Waals surface area contributed by atoms with E-state index < -0.39 is 0 Å². The van der Waals surface area contributed by atoms with Crippen molar-refractivity contribution in [3.63, 3.8) is 0 Å². The molecule has 0 unspecified atom stereocenters. The standard InChI is InChI=1S/C19H27NO2/c1-20(12-4-8-18-9-5-13-22-18)19(21)17-11-10-15-6-2-3-7-16(15)14-17/h10-11,14,18H,2-9,12-13H2,1H3/t18-/m0/s1. The summed E-state index contributed by atoms with van der Waals surface area (Å²) in [6.07, 6.45) is 9.72. The molecule has 0 N–H and O–H groups in total. The molecule has 3 heteroatoms. The van der Waals surface area contributed by atoms with E-state index in [-0.39, 0.29) is 5.91 Å². The van der Waals surface area contributed by atoms with Gasteiger partial charge in [0.1, 0.15) is 0 Å². The molecular weight excluding hydrogens is 274 g/mol. The van der Waals surface area contributed by atoms with Crippen LogP contribution in [0.25, 0.3) is 0 Å². The fraction of sp³-hybridized carbons (Fsp3) is 0.632. The van der Waals surface area contributed by atoms with Crippen LogP contribution in [0.4, 0.5) is 0 Å². The average Bonchev–Trinajstić information content (AvgIpc) is 3.07. The number of carbonyl (C=O) groups excluding carboxylic acids is 1. The van der Waals surface area contributed by atoms with Gasteiger partial charge in [-0.05, 0) is 74.6 Å². The van der Waals surface area contributed by atoms with Gasteiger partial charge in [0.2, 0.25) is 0 Å². The fourth-order valence-corrected chi connectivity index (χ4v) is 3.62. The Balaban J connectivity index is 1.53. The third-order valence-electron chi connectivity index (χ3n) is 4.99. The Kier molecular flexibility index (Phi) is 5.14. The zero-order valence-electron chi connectivity index (χ0n) is 13.6. The lowest BCUT2D eigenvalue weighted by molar-refractivity contribution is 0.0763. The number of rotatable bonds is 5. The van der Waals surface area contributed by atoms with E-state index in [0.717, 1.165) is 38.0 Å². The van der Waals surface area contributed by atoms with Crippen LogP contribution in [0.15, 0.2) is 18.2 Å². The number of nitrogens with zero attached hydrogens (tertiary/aromatic N) is 1. The Morgan fingerprint density at radius 3 is 2.82 bits per heavy atom. The topological polar surface area (TPSA) is 29.5 Å². The predicted molar refractivity (Wildman–Crippen MR) is 88.3 cm³/mol. The highest BCUT2D eigenvalue weighted by Crippen LogP contribution is 2.23. The van der Waals surface area contributed by atoms with Crippen LogP contribution in [-0.2, 0) is 17.6 Å². The highest BCUT2D eigenvalue weighted by atomic mass is 16.5. The van der Waals surface area contributed by atoms with Crippen molar-refractivity contribution in [1.29, 1.82) is 0 Å². The molecule has 1 aromatic rings. The number of benzene rings is 1. The van der Waals surface area contributed by atoms with Crippen LogP contribution in [0.2, 0.25) is 0 Å². The maximum absolute atomic E-state index is 12.6. The summed E-state index contributed by atoms with van der Waals surface area (Å²) in [6.45, 7) is 1.73. The Morgan fingerprint density at radius 2 is 2.05 bits per heavy atom. The number of amides is 1. The zero-order chi connectivity index (χ0) is 15.4. The summed E-state index contributed by atoms with van der Waals surface area (Å²) >= 11 is 0. The maximum Gasteiger partial charge on any atom is 0.253 e. The minimum atomic E-state index is 0.153. The minimum absolute atomic E-state index is 0.153. The quantitative estimate of drug-likeness (QED) is 0.831. The fourth-order valence-electron chi connectivity index (χ4n) is 3.62. The van der Waals surface area contributed by atoms with Crippen molar-refractivity contribution in [3.05, 3.63) is 34.9 Å². The molecule has 1 aromatic carbocycles. The number of ether oxygens (including phenoxy) is 1. The third-order valence-corrected chi connectivity index (χ3v) is 4.99. The smallest absolute Gasteiger partial charge is 0.253 e. The molecule has 0 saturated carbocycles. The zero-order valence-corrected chi connectivity index (χ0v) is 13.6.